The molecular formula is C20H41IN4O3. The van der Waals surface area contributed by atoms with Crippen LogP contribution in [0.4, 0.5) is 4.79 Å². The second-order valence-corrected chi connectivity index (χ2v) is 7.96. The number of ether oxygens (including phenoxy) is 2. The smallest absolute Gasteiger partial charge is 0.410 e. The number of amides is 1. The van der Waals surface area contributed by atoms with Crippen LogP contribution in [0.15, 0.2) is 4.99 Å². The molecule has 1 fully saturated rings. The minimum Gasteiger partial charge on any atom is -0.444 e. The van der Waals surface area contributed by atoms with Crippen molar-refractivity contribution in [1.29, 1.82) is 0 Å². The van der Waals surface area contributed by atoms with Crippen LogP contribution in [0.5, 0.6) is 0 Å². The monoisotopic (exact) mass is 512 g/mol. The fraction of sp³-hybridized carbons (Fsp3) is 0.900. The van der Waals surface area contributed by atoms with Gasteiger partial charge in [0.15, 0.2) is 5.96 Å². The highest BCUT2D eigenvalue weighted by atomic mass is 127. The summed E-state index contributed by atoms with van der Waals surface area (Å²) in [6, 6.07) is 0. The Bertz CT molecular complexity index is 447. The number of aliphatic imine (C=N–C) groups is 1. The molecule has 0 spiro atoms. The SMILES string of the molecule is CCNC(=NCC1CCN(C(=O)OC(C)(C)C)CC1)NCCCCOCC.I. The van der Waals surface area contributed by atoms with Crippen molar-refractivity contribution in [1.82, 2.24) is 15.5 Å². The number of likely N-dealkylation sites (tertiary alicyclic amines) is 1. The quantitative estimate of drug-likeness (QED) is 0.214. The van der Waals surface area contributed by atoms with Gasteiger partial charge in [-0.25, -0.2) is 4.79 Å². The first-order chi connectivity index (χ1) is 12.9. The van der Waals surface area contributed by atoms with Crippen molar-refractivity contribution in [2.45, 2.75) is 65.9 Å². The number of rotatable bonds is 9. The zero-order chi connectivity index (χ0) is 20.1. The van der Waals surface area contributed by atoms with Crippen molar-refractivity contribution in [2.75, 3.05) is 45.9 Å². The molecule has 0 atom stereocenters. The van der Waals surface area contributed by atoms with Gasteiger partial charge in [-0.2, -0.15) is 0 Å². The van der Waals surface area contributed by atoms with E-state index < -0.39 is 5.60 Å². The van der Waals surface area contributed by atoms with Gasteiger partial charge < -0.3 is 25.0 Å². The van der Waals surface area contributed by atoms with Crippen LogP contribution < -0.4 is 10.6 Å². The van der Waals surface area contributed by atoms with Crippen molar-refractivity contribution in [2.24, 2.45) is 10.9 Å². The lowest BCUT2D eigenvalue weighted by Gasteiger charge is -2.33. The molecule has 1 amide bonds. The maximum absolute atomic E-state index is 12.1. The zero-order valence-electron chi connectivity index (χ0n) is 18.4. The van der Waals surface area contributed by atoms with Crippen molar-refractivity contribution in [3.05, 3.63) is 0 Å². The van der Waals surface area contributed by atoms with Gasteiger partial charge in [-0.15, -0.1) is 24.0 Å². The number of nitrogens with one attached hydrogen (secondary N) is 2. The Morgan fingerprint density at radius 3 is 2.39 bits per heavy atom. The van der Waals surface area contributed by atoms with E-state index in [4.69, 9.17) is 14.5 Å². The zero-order valence-corrected chi connectivity index (χ0v) is 20.7. The van der Waals surface area contributed by atoms with Crippen LogP contribution in [-0.2, 0) is 9.47 Å². The number of hydrogen-bond acceptors (Lipinski definition) is 4. The first-order valence-electron chi connectivity index (χ1n) is 10.4. The normalized spacial score (nSPS) is 15.8. The van der Waals surface area contributed by atoms with Crippen LogP contribution in [0.1, 0.15) is 60.3 Å². The average molecular weight is 512 g/mol. The average Bonchev–Trinajstić information content (AvgIpc) is 2.61. The standard InChI is InChI=1S/C20H40N4O3.HI/c1-6-21-18(22-12-8-9-15-26-7-2)23-16-17-10-13-24(14-11-17)19(25)27-20(3,4)5;/h17H,6-16H2,1-5H3,(H2,21,22,23);1H. The summed E-state index contributed by atoms with van der Waals surface area (Å²) < 4.78 is 10.8. The second kappa shape index (κ2) is 15.1. The number of nitrogens with zero attached hydrogens (tertiary/aromatic N) is 2. The van der Waals surface area contributed by atoms with Gasteiger partial charge in [-0.3, -0.25) is 4.99 Å². The van der Waals surface area contributed by atoms with Crippen LogP contribution >= 0.6 is 24.0 Å². The summed E-state index contributed by atoms with van der Waals surface area (Å²) in [5.41, 5.74) is -0.437. The van der Waals surface area contributed by atoms with Gasteiger partial charge in [0.25, 0.3) is 0 Å². The van der Waals surface area contributed by atoms with E-state index in [1.165, 1.54) is 0 Å². The van der Waals surface area contributed by atoms with E-state index in [1.807, 2.05) is 32.6 Å². The third-order valence-corrected chi connectivity index (χ3v) is 4.33. The minimum atomic E-state index is -0.437. The molecule has 28 heavy (non-hydrogen) atoms. The number of unbranched alkanes of at least 4 members (excludes halogenated alkanes) is 1. The number of guanidine groups is 1. The lowest BCUT2D eigenvalue weighted by Crippen LogP contribution is -2.42. The van der Waals surface area contributed by atoms with Gasteiger partial charge >= 0.3 is 6.09 Å². The van der Waals surface area contributed by atoms with Gasteiger partial charge in [-0.05, 0) is 66.2 Å². The predicted octanol–water partition coefficient (Wildman–Crippen LogP) is 3.62. The fourth-order valence-electron chi connectivity index (χ4n) is 2.87. The Labute approximate surface area is 188 Å². The van der Waals surface area contributed by atoms with Crippen molar-refractivity contribution in [3.8, 4) is 0 Å². The molecule has 7 nitrogen and oxygen atoms in total. The molecule has 0 aromatic heterocycles. The lowest BCUT2D eigenvalue weighted by molar-refractivity contribution is 0.0187. The lowest BCUT2D eigenvalue weighted by atomic mass is 9.97. The van der Waals surface area contributed by atoms with Gasteiger partial charge in [0.2, 0.25) is 0 Å². The van der Waals surface area contributed by atoms with Crippen molar-refractivity contribution in [3.63, 3.8) is 0 Å². The van der Waals surface area contributed by atoms with Crippen molar-refractivity contribution >= 4 is 36.0 Å². The summed E-state index contributed by atoms with van der Waals surface area (Å²) in [6.45, 7) is 15.4. The van der Waals surface area contributed by atoms with Gasteiger partial charge in [0.05, 0.1) is 0 Å². The molecule has 1 heterocycles. The topological polar surface area (TPSA) is 75.2 Å². The number of carbonyl (C=O) groups is 1. The third-order valence-electron chi connectivity index (χ3n) is 4.33. The summed E-state index contributed by atoms with van der Waals surface area (Å²) in [4.78, 5) is 18.7. The molecule has 0 bridgehead atoms. The minimum absolute atomic E-state index is 0. The summed E-state index contributed by atoms with van der Waals surface area (Å²) in [5, 5.41) is 6.69. The largest absolute Gasteiger partial charge is 0.444 e. The highest BCUT2D eigenvalue weighted by molar-refractivity contribution is 14.0. The van der Waals surface area contributed by atoms with Gasteiger partial charge in [0, 0.05) is 45.9 Å². The Morgan fingerprint density at radius 1 is 1.14 bits per heavy atom. The molecular weight excluding hydrogens is 471 g/mol. The number of carbonyl (C=O) groups excluding carboxylic acids is 1. The fourth-order valence-corrected chi connectivity index (χ4v) is 2.87. The van der Waals surface area contributed by atoms with Crippen LogP contribution in [0, 0.1) is 5.92 Å². The first kappa shape index (κ1) is 27.2. The first-order valence-corrected chi connectivity index (χ1v) is 10.4. The molecule has 0 radical (unpaired) electrons. The van der Waals surface area contributed by atoms with Crippen LogP contribution in [0.3, 0.4) is 0 Å². The van der Waals surface area contributed by atoms with E-state index in [0.29, 0.717) is 5.92 Å². The molecule has 2 N–H and O–H groups in total. The van der Waals surface area contributed by atoms with Gasteiger partial charge in [-0.1, -0.05) is 0 Å². The molecule has 0 aliphatic carbocycles. The summed E-state index contributed by atoms with van der Waals surface area (Å²) in [6.07, 6.45) is 3.86. The summed E-state index contributed by atoms with van der Waals surface area (Å²) in [5.74, 6) is 1.39. The Hall–Kier alpha value is -0.770. The number of halogens is 1. The van der Waals surface area contributed by atoms with Crippen LogP contribution in [-0.4, -0.2) is 68.5 Å². The molecule has 1 aliphatic rings. The predicted molar refractivity (Wildman–Crippen MR) is 126 cm³/mol. The van der Waals surface area contributed by atoms with E-state index in [9.17, 15) is 4.79 Å². The van der Waals surface area contributed by atoms with E-state index in [1.54, 1.807) is 0 Å². The third kappa shape index (κ3) is 12.6. The Morgan fingerprint density at radius 2 is 1.82 bits per heavy atom. The van der Waals surface area contributed by atoms with Crippen LogP contribution in [0.2, 0.25) is 0 Å². The number of hydrogen-bond donors (Lipinski definition) is 2. The highest BCUT2D eigenvalue weighted by Gasteiger charge is 2.26. The molecule has 0 saturated carbocycles. The number of piperidine rings is 1. The molecule has 0 unspecified atom stereocenters. The molecule has 1 rings (SSSR count). The maximum atomic E-state index is 12.1. The molecule has 166 valence electrons. The maximum Gasteiger partial charge on any atom is 0.410 e. The van der Waals surface area contributed by atoms with Gasteiger partial charge in [0.1, 0.15) is 5.60 Å². The van der Waals surface area contributed by atoms with Crippen LogP contribution in [0.25, 0.3) is 0 Å². The van der Waals surface area contributed by atoms with E-state index in [0.717, 1.165) is 77.6 Å². The molecule has 1 saturated heterocycles. The molecule has 0 aromatic rings. The summed E-state index contributed by atoms with van der Waals surface area (Å²) in [7, 11) is 0. The molecule has 1 aliphatic heterocycles. The molecule has 8 heteroatoms. The Kier molecular flexibility index (Phi) is 14.7. The highest BCUT2D eigenvalue weighted by Crippen LogP contribution is 2.19. The second-order valence-electron chi connectivity index (χ2n) is 7.96. The van der Waals surface area contributed by atoms with Crippen molar-refractivity contribution < 1.29 is 14.3 Å². The van der Waals surface area contributed by atoms with E-state index in [-0.39, 0.29) is 30.1 Å². The molecule has 0 aromatic carbocycles. The summed E-state index contributed by atoms with van der Waals surface area (Å²) >= 11 is 0. The van der Waals surface area contributed by atoms with E-state index in [2.05, 4.69) is 17.6 Å². The Balaban J connectivity index is 0.00000729. The van der Waals surface area contributed by atoms with E-state index >= 15 is 0 Å².